The van der Waals surface area contributed by atoms with Crippen molar-refractivity contribution >= 4 is 41.3 Å². The molecule has 2 atom stereocenters. The maximum Gasteiger partial charge on any atom is 0.188 e. The molecule has 19 heavy (non-hydrogen) atoms. The monoisotopic (exact) mass is 398 g/mol. The smallest absolute Gasteiger partial charge is 0.188 e. The van der Waals surface area contributed by atoms with Gasteiger partial charge < -0.3 is 15.8 Å². The molecular formula is C12H23IN4OS. The fraction of sp³-hybridized carbons (Fsp3) is 0.667. The quantitative estimate of drug-likeness (QED) is 0.438. The molecule has 0 fully saturated rings. The lowest BCUT2D eigenvalue weighted by atomic mass is 10.2. The van der Waals surface area contributed by atoms with E-state index in [0.29, 0.717) is 25.0 Å². The van der Waals surface area contributed by atoms with Gasteiger partial charge in [0.2, 0.25) is 0 Å². The molecule has 5 nitrogen and oxygen atoms in total. The summed E-state index contributed by atoms with van der Waals surface area (Å²) in [4.78, 5) is 8.77. The highest BCUT2D eigenvalue weighted by Gasteiger charge is 2.09. The Morgan fingerprint density at radius 2 is 2.26 bits per heavy atom. The molecule has 0 saturated heterocycles. The number of aromatic nitrogens is 1. The first-order valence-electron chi connectivity index (χ1n) is 6.00. The van der Waals surface area contributed by atoms with Crippen LogP contribution in [-0.4, -0.2) is 37.2 Å². The molecule has 0 saturated carbocycles. The van der Waals surface area contributed by atoms with Crippen LogP contribution in [0, 0.1) is 6.92 Å². The largest absolute Gasteiger partial charge is 0.383 e. The van der Waals surface area contributed by atoms with Crippen LogP contribution in [-0.2, 0) is 4.74 Å². The first-order valence-corrected chi connectivity index (χ1v) is 6.88. The molecule has 0 spiro atoms. The van der Waals surface area contributed by atoms with Gasteiger partial charge in [-0.15, -0.1) is 35.3 Å². The minimum Gasteiger partial charge on any atom is -0.383 e. The van der Waals surface area contributed by atoms with Crippen molar-refractivity contribution in [3.63, 3.8) is 0 Å². The zero-order chi connectivity index (χ0) is 13.5. The van der Waals surface area contributed by atoms with Crippen LogP contribution in [0.4, 0.5) is 0 Å². The van der Waals surface area contributed by atoms with Gasteiger partial charge in [0.15, 0.2) is 5.96 Å². The molecule has 110 valence electrons. The third kappa shape index (κ3) is 7.07. The van der Waals surface area contributed by atoms with Crippen LogP contribution in [0.2, 0.25) is 0 Å². The lowest BCUT2D eigenvalue weighted by molar-refractivity contribution is 0.179. The molecule has 1 heterocycles. The summed E-state index contributed by atoms with van der Waals surface area (Å²) >= 11 is 1.67. The van der Waals surface area contributed by atoms with E-state index < -0.39 is 0 Å². The third-order valence-electron chi connectivity index (χ3n) is 2.40. The number of aliphatic imine (C=N–C) groups is 1. The van der Waals surface area contributed by atoms with Gasteiger partial charge in [0, 0.05) is 30.1 Å². The van der Waals surface area contributed by atoms with Crippen LogP contribution in [0.25, 0.3) is 0 Å². The summed E-state index contributed by atoms with van der Waals surface area (Å²) in [6.07, 6.45) is 0. The maximum atomic E-state index is 5.80. The van der Waals surface area contributed by atoms with E-state index in [0.717, 1.165) is 10.7 Å². The second kappa shape index (κ2) is 9.49. The number of hydrogen-bond acceptors (Lipinski definition) is 4. The van der Waals surface area contributed by atoms with Gasteiger partial charge in [0.25, 0.3) is 0 Å². The van der Waals surface area contributed by atoms with E-state index in [-0.39, 0.29) is 30.0 Å². The van der Waals surface area contributed by atoms with Crippen molar-refractivity contribution in [2.75, 3.05) is 20.3 Å². The second-order valence-corrected chi connectivity index (χ2v) is 5.34. The van der Waals surface area contributed by atoms with Crippen molar-refractivity contribution in [1.29, 1.82) is 0 Å². The SMILES string of the molecule is COCC(C)NC(N)=NCC(C)c1nc(C)cs1.I. The minimum absolute atomic E-state index is 0. The normalized spacial score (nSPS) is 14.6. The van der Waals surface area contributed by atoms with E-state index in [4.69, 9.17) is 10.5 Å². The summed E-state index contributed by atoms with van der Waals surface area (Å²) in [6, 6.07) is 0.163. The summed E-state index contributed by atoms with van der Waals surface area (Å²) in [5.74, 6) is 0.751. The van der Waals surface area contributed by atoms with Crippen LogP contribution >= 0.6 is 35.3 Å². The number of ether oxygens (including phenoxy) is 1. The van der Waals surface area contributed by atoms with E-state index in [1.165, 1.54) is 0 Å². The Morgan fingerprint density at radius 1 is 1.58 bits per heavy atom. The zero-order valence-corrected chi connectivity index (χ0v) is 15.0. The Bertz CT molecular complexity index is 397. The first kappa shape index (κ1) is 18.6. The summed E-state index contributed by atoms with van der Waals surface area (Å²) in [6.45, 7) is 7.36. The van der Waals surface area contributed by atoms with E-state index in [1.54, 1.807) is 18.4 Å². The highest BCUT2D eigenvalue weighted by molar-refractivity contribution is 14.0. The molecule has 0 aromatic carbocycles. The van der Waals surface area contributed by atoms with Gasteiger partial charge in [-0.3, -0.25) is 4.99 Å². The molecule has 0 amide bonds. The van der Waals surface area contributed by atoms with Crippen molar-refractivity contribution in [2.24, 2.45) is 10.7 Å². The lowest BCUT2D eigenvalue weighted by Crippen LogP contribution is -2.40. The van der Waals surface area contributed by atoms with Crippen molar-refractivity contribution in [3.8, 4) is 0 Å². The summed E-state index contributed by atoms with van der Waals surface area (Å²) in [5, 5.41) is 6.24. The van der Waals surface area contributed by atoms with Crippen LogP contribution in [0.5, 0.6) is 0 Å². The molecule has 1 rings (SSSR count). The molecule has 2 unspecified atom stereocenters. The number of guanidine groups is 1. The Hall–Kier alpha value is -0.410. The van der Waals surface area contributed by atoms with Crippen molar-refractivity contribution in [1.82, 2.24) is 10.3 Å². The summed E-state index contributed by atoms with van der Waals surface area (Å²) < 4.78 is 5.02. The highest BCUT2D eigenvalue weighted by Crippen LogP contribution is 2.19. The molecule has 1 aromatic rings. The minimum atomic E-state index is 0. The number of halogens is 1. The van der Waals surface area contributed by atoms with Gasteiger partial charge in [-0.1, -0.05) is 6.92 Å². The molecule has 7 heteroatoms. The molecule has 0 aliphatic carbocycles. The molecule has 0 aliphatic heterocycles. The maximum absolute atomic E-state index is 5.80. The summed E-state index contributed by atoms with van der Waals surface area (Å²) in [7, 11) is 1.67. The number of nitrogens with two attached hydrogens (primary N) is 1. The molecule has 0 radical (unpaired) electrons. The number of thiazole rings is 1. The standard InChI is InChI=1S/C12H22N4OS.HI/c1-8(11-15-10(3)7-18-11)5-14-12(13)16-9(2)6-17-4;/h7-9H,5-6H2,1-4H3,(H3,13,14,16);1H. The van der Waals surface area contributed by atoms with E-state index in [1.807, 2.05) is 13.8 Å². The fourth-order valence-electron chi connectivity index (χ4n) is 1.50. The Balaban J connectivity index is 0.00000324. The Morgan fingerprint density at radius 3 is 2.79 bits per heavy atom. The number of methoxy groups -OCH3 is 1. The van der Waals surface area contributed by atoms with Crippen LogP contribution in [0.15, 0.2) is 10.4 Å². The number of hydrogen-bond donors (Lipinski definition) is 2. The van der Waals surface area contributed by atoms with Crippen LogP contribution in [0.3, 0.4) is 0 Å². The van der Waals surface area contributed by atoms with Crippen molar-refractivity contribution in [3.05, 3.63) is 16.1 Å². The number of nitrogens with zero attached hydrogens (tertiary/aromatic N) is 2. The van der Waals surface area contributed by atoms with Gasteiger partial charge in [0.1, 0.15) is 0 Å². The predicted molar refractivity (Wildman–Crippen MR) is 91.6 cm³/mol. The molecular weight excluding hydrogens is 375 g/mol. The van der Waals surface area contributed by atoms with Gasteiger partial charge in [0.05, 0.1) is 18.2 Å². The molecule has 3 N–H and O–H groups in total. The van der Waals surface area contributed by atoms with Crippen LogP contribution in [0.1, 0.15) is 30.5 Å². The van der Waals surface area contributed by atoms with Gasteiger partial charge in [-0.05, 0) is 13.8 Å². The number of nitrogens with one attached hydrogen (secondary N) is 1. The Kier molecular flexibility index (Phi) is 9.28. The lowest BCUT2D eigenvalue weighted by Gasteiger charge is -2.13. The van der Waals surface area contributed by atoms with Gasteiger partial charge in [-0.25, -0.2) is 4.98 Å². The third-order valence-corrected chi connectivity index (χ3v) is 3.60. The average molecular weight is 398 g/mol. The van der Waals surface area contributed by atoms with Gasteiger partial charge >= 0.3 is 0 Å². The number of rotatable bonds is 6. The van der Waals surface area contributed by atoms with Crippen LogP contribution < -0.4 is 11.1 Å². The topological polar surface area (TPSA) is 72.5 Å². The fourth-order valence-corrected chi connectivity index (χ4v) is 2.35. The molecule has 1 aromatic heterocycles. The molecule has 0 bridgehead atoms. The van der Waals surface area contributed by atoms with E-state index >= 15 is 0 Å². The Labute approximate surface area is 136 Å². The van der Waals surface area contributed by atoms with Gasteiger partial charge in [-0.2, -0.15) is 0 Å². The van der Waals surface area contributed by atoms with E-state index in [9.17, 15) is 0 Å². The summed E-state index contributed by atoms with van der Waals surface area (Å²) in [5.41, 5.74) is 6.86. The number of aryl methyl sites for hydroxylation is 1. The molecule has 0 aliphatic rings. The zero-order valence-electron chi connectivity index (χ0n) is 11.8. The van der Waals surface area contributed by atoms with Crippen molar-refractivity contribution in [2.45, 2.75) is 32.7 Å². The first-order chi connectivity index (χ1) is 8.52. The van der Waals surface area contributed by atoms with Crippen molar-refractivity contribution < 1.29 is 4.74 Å². The average Bonchev–Trinajstić information content (AvgIpc) is 2.73. The second-order valence-electron chi connectivity index (χ2n) is 4.45. The predicted octanol–water partition coefficient (Wildman–Crippen LogP) is 2.11. The highest BCUT2D eigenvalue weighted by atomic mass is 127. The van der Waals surface area contributed by atoms with E-state index in [2.05, 4.69) is 27.6 Å².